The van der Waals surface area contributed by atoms with Crippen LogP contribution in [0.4, 0.5) is 5.69 Å². The molecule has 3 N–H and O–H groups in total. The van der Waals surface area contributed by atoms with Gasteiger partial charge in [-0.3, -0.25) is 9.59 Å². The van der Waals surface area contributed by atoms with Gasteiger partial charge in [-0.15, -0.1) is 11.3 Å². The molecule has 144 valence electrons. The molecule has 1 aromatic heterocycles. The van der Waals surface area contributed by atoms with E-state index < -0.39 is 0 Å². The Hall–Kier alpha value is -2.49. The van der Waals surface area contributed by atoms with Gasteiger partial charge in [0.1, 0.15) is 16.5 Å². The maximum Gasteiger partial charge on any atom is 0.275 e. The first-order valence-electron chi connectivity index (χ1n) is 8.63. The van der Waals surface area contributed by atoms with Crippen LogP contribution in [0.15, 0.2) is 23.6 Å². The molecule has 0 atom stereocenters. The summed E-state index contributed by atoms with van der Waals surface area (Å²) in [4.78, 5) is 33.4. The van der Waals surface area contributed by atoms with Gasteiger partial charge in [-0.25, -0.2) is 4.98 Å². The molecule has 1 aromatic carbocycles. The SMILES string of the molecule is COc1ccc(C(=O)N2CCN(C)CC2)cc1NC(=O)c1csc(CN)n1. The number of nitrogens with zero attached hydrogens (tertiary/aromatic N) is 3. The number of benzene rings is 1. The van der Waals surface area contributed by atoms with Crippen LogP contribution in [-0.4, -0.2) is 66.9 Å². The topological polar surface area (TPSA) is 101 Å². The monoisotopic (exact) mass is 389 g/mol. The Morgan fingerprint density at radius 1 is 1.30 bits per heavy atom. The van der Waals surface area contributed by atoms with E-state index in [9.17, 15) is 9.59 Å². The Bertz CT molecular complexity index is 830. The number of amides is 2. The molecule has 1 aliphatic rings. The number of rotatable bonds is 5. The van der Waals surface area contributed by atoms with Crippen molar-refractivity contribution >= 4 is 28.8 Å². The van der Waals surface area contributed by atoms with E-state index in [1.807, 2.05) is 11.9 Å². The number of ether oxygens (including phenoxy) is 1. The van der Waals surface area contributed by atoms with Crippen molar-refractivity contribution in [3.05, 3.63) is 39.8 Å². The first-order valence-corrected chi connectivity index (χ1v) is 9.51. The molecule has 1 saturated heterocycles. The lowest BCUT2D eigenvalue weighted by atomic mass is 10.1. The third-order valence-corrected chi connectivity index (χ3v) is 5.32. The molecular formula is C18H23N5O3S. The maximum atomic E-state index is 12.8. The highest BCUT2D eigenvalue weighted by Gasteiger charge is 2.22. The Labute approximate surface area is 161 Å². The highest BCUT2D eigenvalue weighted by Crippen LogP contribution is 2.27. The van der Waals surface area contributed by atoms with E-state index in [1.54, 1.807) is 23.6 Å². The fraction of sp³-hybridized carbons (Fsp3) is 0.389. The minimum Gasteiger partial charge on any atom is -0.495 e. The number of hydrogen-bond acceptors (Lipinski definition) is 7. The smallest absolute Gasteiger partial charge is 0.275 e. The van der Waals surface area contributed by atoms with Gasteiger partial charge in [-0.2, -0.15) is 0 Å². The number of hydrogen-bond donors (Lipinski definition) is 2. The minimum atomic E-state index is -0.367. The van der Waals surface area contributed by atoms with Crippen molar-refractivity contribution in [3.63, 3.8) is 0 Å². The van der Waals surface area contributed by atoms with E-state index in [2.05, 4.69) is 15.2 Å². The van der Waals surface area contributed by atoms with Crippen LogP contribution in [0.3, 0.4) is 0 Å². The molecule has 0 aliphatic carbocycles. The van der Waals surface area contributed by atoms with Crippen molar-refractivity contribution in [2.24, 2.45) is 5.73 Å². The number of nitrogens with one attached hydrogen (secondary N) is 1. The van der Waals surface area contributed by atoms with Crippen LogP contribution in [0, 0.1) is 0 Å². The van der Waals surface area contributed by atoms with Crippen molar-refractivity contribution in [2.45, 2.75) is 6.54 Å². The van der Waals surface area contributed by atoms with Crippen molar-refractivity contribution < 1.29 is 14.3 Å². The van der Waals surface area contributed by atoms with E-state index in [0.717, 1.165) is 13.1 Å². The molecule has 2 amide bonds. The standard InChI is InChI=1S/C18H23N5O3S/c1-22-5-7-23(8-6-22)18(25)12-3-4-15(26-2)13(9-12)21-17(24)14-11-27-16(10-19)20-14/h3-4,9,11H,5-8,10,19H2,1-2H3,(H,21,24). The summed E-state index contributed by atoms with van der Waals surface area (Å²) in [5.74, 6) is 0.0568. The molecule has 0 spiro atoms. The first-order chi connectivity index (χ1) is 13.0. The number of nitrogens with two attached hydrogens (primary N) is 1. The van der Waals surface area contributed by atoms with Crippen LogP contribution >= 0.6 is 11.3 Å². The van der Waals surface area contributed by atoms with Crippen LogP contribution in [-0.2, 0) is 6.54 Å². The lowest BCUT2D eigenvalue weighted by Gasteiger charge is -2.32. The van der Waals surface area contributed by atoms with Gasteiger partial charge in [0.05, 0.1) is 12.8 Å². The van der Waals surface area contributed by atoms with Gasteiger partial charge < -0.3 is 25.6 Å². The van der Waals surface area contributed by atoms with Gasteiger partial charge in [-0.05, 0) is 25.2 Å². The molecule has 3 rings (SSSR count). The predicted molar refractivity (Wildman–Crippen MR) is 104 cm³/mol. The number of carbonyl (C=O) groups excluding carboxylic acids is 2. The second-order valence-corrected chi connectivity index (χ2v) is 7.24. The number of aromatic nitrogens is 1. The average molecular weight is 389 g/mol. The van der Waals surface area contributed by atoms with Gasteiger partial charge in [0.15, 0.2) is 0 Å². The fourth-order valence-electron chi connectivity index (χ4n) is 2.83. The van der Waals surface area contributed by atoms with Gasteiger partial charge in [0.25, 0.3) is 11.8 Å². The molecule has 9 heteroatoms. The predicted octanol–water partition coefficient (Wildman–Crippen LogP) is 1.25. The summed E-state index contributed by atoms with van der Waals surface area (Å²) in [6.07, 6.45) is 0. The Balaban J connectivity index is 1.78. The summed E-state index contributed by atoms with van der Waals surface area (Å²) in [7, 11) is 3.56. The van der Waals surface area contributed by atoms with Crippen molar-refractivity contribution in [1.82, 2.24) is 14.8 Å². The molecule has 27 heavy (non-hydrogen) atoms. The van der Waals surface area contributed by atoms with Crippen molar-refractivity contribution in [1.29, 1.82) is 0 Å². The third kappa shape index (κ3) is 4.44. The van der Waals surface area contributed by atoms with Crippen LogP contribution in [0.2, 0.25) is 0 Å². The summed E-state index contributed by atoms with van der Waals surface area (Å²) in [6.45, 7) is 3.35. The van der Waals surface area contributed by atoms with Gasteiger partial charge in [0, 0.05) is 43.7 Å². The summed E-state index contributed by atoms with van der Waals surface area (Å²) < 4.78 is 5.32. The molecule has 8 nitrogen and oxygen atoms in total. The summed E-state index contributed by atoms with van der Waals surface area (Å²) in [6, 6.07) is 5.05. The van der Waals surface area contributed by atoms with Crippen molar-refractivity contribution in [3.8, 4) is 5.75 Å². The second-order valence-electron chi connectivity index (χ2n) is 6.30. The Kier molecular flexibility index (Phi) is 6.04. The molecule has 1 aliphatic heterocycles. The van der Waals surface area contributed by atoms with Gasteiger partial charge in [-0.1, -0.05) is 0 Å². The van der Waals surface area contributed by atoms with Crippen LogP contribution in [0.5, 0.6) is 5.75 Å². The number of methoxy groups -OCH3 is 1. The minimum absolute atomic E-state index is 0.0553. The lowest BCUT2D eigenvalue weighted by Crippen LogP contribution is -2.47. The van der Waals surface area contributed by atoms with E-state index in [0.29, 0.717) is 40.8 Å². The number of piperazine rings is 1. The number of anilines is 1. The number of carbonyl (C=O) groups is 2. The summed E-state index contributed by atoms with van der Waals surface area (Å²) in [5, 5.41) is 5.12. The number of likely N-dealkylation sites (N-methyl/N-ethyl adjacent to an activating group) is 1. The van der Waals surface area contributed by atoms with E-state index >= 15 is 0 Å². The maximum absolute atomic E-state index is 12.8. The second kappa shape index (κ2) is 8.47. The molecule has 0 unspecified atom stereocenters. The first kappa shape index (κ1) is 19.3. The van der Waals surface area contributed by atoms with Crippen LogP contribution in [0.1, 0.15) is 25.9 Å². The zero-order chi connectivity index (χ0) is 19.4. The largest absolute Gasteiger partial charge is 0.495 e. The van der Waals surface area contributed by atoms with E-state index in [4.69, 9.17) is 10.5 Å². The highest BCUT2D eigenvalue weighted by atomic mass is 32.1. The van der Waals surface area contributed by atoms with Gasteiger partial charge >= 0.3 is 0 Å². The van der Waals surface area contributed by atoms with Gasteiger partial charge in [0.2, 0.25) is 0 Å². The quantitative estimate of drug-likeness (QED) is 0.798. The molecule has 2 heterocycles. The van der Waals surface area contributed by atoms with E-state index in [1.165, 1.54) is 18.4 Å². The molecule has 0 radical (unpaired) electrons. The Morgan fingerprint density at radius 3 is 2.67 bits per heavy atom. The normalized spacial score (nSPS) is 14.9. The zero-order valence-electron chi connectivity index (χ0n) is 15.4. The fourth-order valence-corrected chi connectivity index (χ4v) is 3.48. The van der Waals surface area contributed by atoms with E-state index in [-0.39, 0.29) is 18.4 Å². The summed E-state index contributed by atoms with van der Waals surface area (Å²) in [5.41, 5.74) is 6.78. The van der Waals surface area contributed by atoms with Crippen molar-refractivity contribution in [2.75, 3.05) is 45.7 Å². The molecule has 0 saturated carbocycles. The third-order valence-electron chi connectivity index (χ3n) is 4.44. The molecule has 0 bridgehead atoms. The number of thiazole rings is 1. The average Bonchev–Trinajstić information content (AvgIpc) is 3.17. The Morgan fingerprint density at radius 2 is 2.04 bits per heavy atom. The van der Waals surface area contributed by atoms with Crippen LogP contribution in [0.25, 0.3) is 0 Å². The summed E-state index contributed by atoms with van der Waals surface area (Å²) >= 11 is 1.33. The van der Waals surface area contributed by atoms with Crippen LogP contribution < -0.4 is 15.8 Å². The zero-order valence-corrected chi connectivity index (χ0v) is 16.2. The molecule has 1 fully saturated rings. The molecular weight excluding hydrogens is 366 g/mol. The lowest BCUT2D eigenvalue weighted by molar-refractivity contribution is 0.0664. The molecule has 2 aromatic rings. The highest BCUT2D eigenvalue weighted by molar-refractivity contribution is 7.09.